The molecule has 2 heterocycles. The molecule has 84 valence electrons. The van der Waals surface area contributed by atoms with Crippen LogP contribution in [0.2, 0.25) is 0 Å². The largest absolute Gasteiger partial charge is 0.384 e. The van der Waals surface area contributed by atoms with Crippen molar-refractivity contribution in [2.75, 3.05) is 13.7 Å². The van der Waals surface area contributed by atoms with Crippen molar-refractivity contribution >= 4 is 15.9 Å². The smallest absolute Gasteiger partial charge is 0.229 e. The third-order valence-corrected chi connectivity index (χ3v) is 2.60. The lowest BCUT2D eigenvalue weighted by molar-refractivity contribution is 0.192. The SMILES string of the molecule is COCCc1nc(-c2ncccc2Br)no1. The third-order valence-electron chi connectivity index (χ3n) is 1.96. The highest BCUT2D eigenvalue weighted by Gasteiger charge is 2.11. The molecule has 0 aromatic carbocycles. The van der Waals surface area contributed by atoms with E-state index in [0.29, 0.717) is 30.4 Å². The Labute approximate surface area is 101 Å². The maximum atomic E-state index is 5.07. The molecule has 5 nitrogen and oxygen atoms in total. The molecule has 0 radical (unpaired) electrons. The van der Waals surface area contributed by atoms with Gasteiger partial charge in [0.15, 0.2) is 0 Å². The van der Waals surface area contributed by atoms with Gasteiger partial charge in [0.25, 0.3) is 0 Å². The molecule has 2 rings (SSSR count). The predicted molar refractivity (Wildman–Crippen MR) is 60.8 cm³/mol. The molecule has 16 heavy (non-hydrogen) atoms. The van der Waals surface area contributed by atoms with E-state index >= 15 is 0 Å². The number of hydrogen-bond donors (Lipinski definition) is 0. The number of pyridine rings is 1. The summed E-state index contributed by atoms with van der Waals surface area (Å²) in [5.74, 6) is 1.04. The van der Waals surface area contributed by atoms with Crippen molar-refractivity contribution in [3.63, 3.8) is 0 Å². The van der Waals surface area contributed by atoms with E-state index in [1.165, 1.54) is 0 Å². The fourth-order valence-corrected chi connectivity index (χ4v) is 1.62. The first-order valence-corrected chi connectivity index (χ1v) is 5.53. The first-order chi connectivity index (χ1) is 7.81. The number of halogens is 1. The normalized spacial score (nSPS) is 10.6. The molecule has 0 amide bonds. The summed E-state index contributed by atoms with van der Waals surface area (Å²) in [5, 5.41) is 3.87. The Morgan fingerprint density at radius 3 is 3.12 bits per heavy atom. The summed E-state index contributed by atoms with van der Waals surface area (Å²) in [4.78, 5) is 8.41. The molecule has 0 saturated heterocycles. The van der Waals surface area contributed by atoms with Crippen molar-refractivity contribution in [1.29, 1.82) is 0 Å². The van der Waals surface area contributed by atoms with Gasteiger partial charge in [-0.25, -0.2) is 0 Å². The third kappa shape index (κ3) is 2.45. The second kappa shape index (κ2) is 5.18. The number of nitrogens with zero attached hydrogens (tertiary/aromatic N) is 3. The van der Waals surface area contributed by atoms with Gasteiger partial charge in [-0.1, -0.05) is 5.16 Å². The van der Waals surface area contributed by atoms with Gasteiger partial charge in [-0.05, 0) is 28.1 Å². The lowest BCUT2D eigenvalue weighted by Crippen LogP contribution is -1.94. The summed E-state index contributed by atoms with van der Waals surface area (Å²) in [7, 11) is 1.63. The molecule has 0 unspecified atom stereocenters. The molecule has 6 heteroatoms. The van der Waals surface area contributed by atoms with Crippen LogP contribution in [0.4, 0.5) is 0 Å². The Kier molecular flexibility index (Phi) is 3.63. The number of ether oxygens (including phenoxy) is 1. The van der Waals surface area contributed by atoms with Crippen molar-refractivity contribution in [1.82, 2.24) is 15.1 Å². The zero-order valence-electron chi connectivity index (χ0n) is 8.68. The molecular weight excluding hydrogens is 274 g/mol. The van der Waals surface area contributed by atoms with E-state index < -0.39 is 0 Å². The predicted octanol–water partition coefficient (Wildman–Crippen LogP) is 2.08. The molecule has 2 aromatic heterocycles. The fraction of sp³-hybridized carbons (Fsp3) is 0.300. The van der Waals surface area contributed by atoms with Crippen molar-refractivity contribution < 1.29 is 9.26 Å². The number of hydrogen-bond acceptors (Lipinski definition) is 5. The van der Waals surface area contributed by atoms with Gasteiger partial charge in [-0.15, -0.1) is 0 Å². The topological polar surface area (TPSA) is 61.0 Å². The minimum Gasteiger partial charge on any atom is -0.384 e. The van der Waals surface area contributed by atoms with Gasteiger partial charge in [0.2, 0.25) is 11.7 Å². The minimum atomic E-state index is 0.485. The molecule has 0 atom stereocenters. The van der Waals surface area contributed by atoms with E-state index in [1.807, 2.05) is 12.1 Å². The van der Waals surface area contributed by atoms with Gasteiger partial charge in [-0.2, -0.15) is 4.98 Å². The van der Waals surface area contributed by atoms with E-state index in [1.54, 1.807) is 13.3 Å². The molecule has 0 aliphatic carbocycles. The highest BCUT2D eigenvalue weighted by atomic mass is 79.9. The zero-order valence-corrected chi connectivity index (χ0v) is 10.3. The molecule has 0 spiro atoms. The van der Waals surface area contributed by atoms with Gasteiger partial charge < -0.3 is 9.26 Å². The maximum absolute atomic E-state index is 5.07. The quantitative estimate of drug-likeness (QED) is 0.860. The highest BCUT2D eigenvalue weighted by molar-refractivity contribution is 9.10. The van der Waals surface area contributed by atoms with Crippen molar-refractivity contribution in [3.8, 4) is 11.5 Å². The molecule has 0 aliphatic rings. The Morgan fingerprint density at radius 1 is 1.50 bits per heavy atom. The summed E-state index contributed by atoms with van der Waals surface area (Å²) in [6.07, 6.45) is 2.29. The summed E-state index contributed by atoms with van der Waals surface area (Å²) in [6, 6.07) is 3.72. The molecule has 0 fully saturated rings. The molecule has 0 aliphatic heterocycles. The standard InChI is InChI=1S/C10H10BrN3O2/c1-15-6-4-8-13-10(14-16-8)9-7(11)3-2-5-12-9/h2-3,5H,4,6H2,1H3. The van der Waals surface area contributed by atoms with Crippen molar-refractivity contribution in [2.24, 2.45) is 0 Å². The van der Waals surface area contributed by atoms with Crippen LogP contribution in [0, 0.1) is 0 Å². The molecule has 0 saturated carbocycles. The van der Waals surface area contributed by atoms with Crippen LogP contribution in [0.25, 0.3) is 11.5 Å². The Hall–Kier alpha value is -1.27. The van der Waals surface area contributed by atoms with E-state index in [4.69, 9.17) is 9.26 Å². The number of rotatable bonds is 4. The zero-order chi connectivity index (χ0) is 11.4. The Balaban J connectivity index is 2.22. The van der Waals surface area contributed by atoms with Crippen molar-refractivity contribution in [2.45, 2.75) is 6.42 Å². The summed E-state index contributed by atoms with van der Waals surface area (Å²) < 4.78 is 10.8. The van der Waals surface area contributed by atoms with Gasteiger partial charge in [0.1, 0.15) is 5.69 Å². The van der Waals surface area contributed by atoms with Gasteiger partial charge in [-0.3, -0.25) is 4.98 Å². The number of aromatic nitrogens is 3. The summed E-state index contributed by atoms with van der Waals surface area (Å²) >= 11 is 3.39. The van der Waals surface area contributed by atoms with E-state index in [-0.39, 0.29) is 0 Å². The Bertz CT molecular complexity index is 473. The van der Waals surface area contributed by atoms with Crippen LogP contribution >= 0.6 is 15.9 Å². The Morgan fingerprint density at radius 2 is 2.38 bits per heavy atom. The van der Waals surface area contributed by atoms with Gasteiger partial charge >= 0.3 is 0 Å². The monoisotopic (exact) mass is 283 g/mol. The molecular formula is C10H10BrN3O2. The second-order valence-electron chi connectivity index (χ2n) is 3.09. The van der Waals surface area contributed by atoms with E-state index in [2.05, 4.69) is 31.1 Å². The second-order valence-corrected chi connectivity index (χ2v) is 3.94. The van der Waals surface area contributed by atoms with E-state index in [9.17, 15) is 0 Å². The lowest BCUT2D eigenvalue weighted by atomic mass is 10.3. The van der Waals surface area contributed by atoms with Crippen molar-refractivity contribution in [3.05, 3.63) is 28.7 Å². The first kappa shape index (κ1) is 11.2. The fourth-order valence-electron chi connectivity index (χ4n) is 1.19. The van der Waals surface area contributed by atoms with Crippen LogP contribution < -0.4 is 0 Å². The average Bonchev–Trinajstić information content (AvgIpc) is 2.75. The van der Waals surface area contributed by atoms with Crippen LogP contribution in [-0.4, -0.2) is 28.8 Å². The highest BCUT2D eigenvalue weighted by Crippen LogP contribution is 2.22. The average molecular weight is 284 g/mol. The first-order valence-electron chi connectivity index (χ1n) is 4.73. The molecule has 2 aromatic rings. The molecule has 0 bridgehead atoms. The summed E-state index contributed by atoms with van der Waals surface area (Å²) in [5.41, 5.74) is 0.676. The lowest BCUT2D eigenvalue weighted by Gasteiger charge is -1.95. The maximum Gasteiger partial charge on any atom is 0.229 e. The van der Waals surface area contributed by atoms with Gasteiger partial charge in [0.05, 0.1) is 13.0 Å². The van der Waals surface area contributed by atoms with Crippen LogP contribution in [0.1, 0.15) is 5.89 Å². The number of methoxy groups -OCH3 is 1. The van der Waals surface area contributed by atoms with Gasteiger partial charge in [0, 0.05) is 17.8 Å². The van der Waals surface area contributed by atoms with Crippen LogP contribution in [0.15, 0.2) is 27.3 Å². The van der Waals surface area contributed by atoms with E-state index in [0.717, 1.165) is 4.47 Å². The minimum absolute atomic E-state index is 0.485. The molecule has 0 N–H and O–H groups in total. The summed E-state index contributed by atoms with van der Waals surface area (Å²) in [6.45, 7) is 0.561. The van der Waals surface area contributed by atoms with Crippen LogP contribution in [0.3, 0.4) is 0 Å². The van der Waals surface area contributed by atoms with Crippen LogP contribution in [0.5, 0.6) is 0 Å². The van der Waals surface area contributed by atoms with Crippen LogP contribution in [-0.2, 0) is 11.2 Å².